The highest BCUT2D eigenvalue weighted by Gasteiger charge is 2.43. The number of hydrogen-bond donors (Lipinski definition) is 1. The number of carbonyl (C=O) groups is 1. The van der Waals surface area contributed by atoms with Gasteiger partial charge in [0.25, 0.3) is 11.5 Å². The maximum atomic E-state index is 14.0. The fourth-order valence-electron chi connectivity index (χ4n) is 2.58. The van der Waals surface area contributed by atoms with Crippen molar-refractivity contribution >= 4 is 33.1 Å². The van der Waals surface area contributed by atoms with E-state index in [1.807, 2.05) is 0 Å². The lowest BCUT2D eigenvalue weighted by Crippen LogP contribution is -2.40. The number of halogens is 4. The van der Waals surface area contributed by atoms with E-state index in [0.29, 0.717) is 0 Å². The van der Waals surface area contributed by atoms with E-state index in [4.69, 9.17) is 0 Å². The van der Waals surface area contributed by atoms with Crippen molar-refractivity contribution in [3.05, 3.63) is 101 Å². The zero-order chi connectivity index (χ0) is 20.1. The molecule has 0 spiro atoms. The van der Waals surface area contributed by atoms with Crippen LogP contribution in [0.4, 0.5) is 18.9 Å². The molecule has 0 amide bonds. The lowest BCUT2D eigenvalue weighted by Gasteiger charge is -2.16. The Bertz CT molecular complexity index is 986. The number of carbonyl (C=O) groups excluding carboxylic acids is 1. The van der Waals surface area contributed by atoms with E-state index < -0.39 is 23.4 Å². The molecule has 0 fully saturated rings. The highest BCUT2D eigenvalue weighted by molar-refractivity contribution is 9.10. The van der Waals surface area contributed by atoms with Crippen LogP contribution in [0.3, 0.4) is 0 Å². The monoisotopic (exact) mass is 447 g/mol. The molecule has 1 heterocycles. The molecular formula is C21H15BrF3N2O+. The lowest BCUT2D eigenvalue weighted by molar-refractivity contribution is -0.578. The van der Waals surface area contributed by atoms with Crippen LogP contribution in [0.15, 0.2) is 95.4 Å². The molecule has 0 radical (unpaired) electrons. The first-order valence-corrected chi connectivity index (χ1v) is 9.06. The molecule has 0 aliphatic heterocycles. The zero-order valence-electron chi connectivity index (χ0n) is 14.5. The van der Waals surface area contributed by atoms with Gasteiger partial charge >= 0.3 is 6.18 Å². The number of nitrogens with zero attached hydrogens (tertiary/aromatic N) is 1. The molecule has 2 aromatic carbocycles. The van der Waals surface area contributed by atoms with Gasteiger partial charge in [0.05, 0.1) is 0 Å². The SMILES string of the molecule is O=C(C(=C(Nc1ccc(Br)cc1)C(F)(F)F)[n+]1ccccc1)c1ccccc1. The van der Waals surface area contributed by atoms with Crippen molar-refractivity contribution in [1.29, 1.82) is 0 Å². The number of benzene rings is 2. The van der Waals surface area contributed by atoms with Crippen molar-refractivity contribution < 1.29 is 22.5 Å². The van der Waals surface area contributed by atoms with Crippen molar-refractivity contribution in [2.75, 3.05) is 5.32 Å². The van der Waals surface area contributed by atoms with Gasteiger partial charge in [-0.15, -0.1) is 0 Å². The maximum Gasteiger partial charge on any atom is 0.438 e. The van der Waals surface area contributed by atoms with Crippen LogP contribution in [0, 0.1) is 0 Å². The summed E-state index contributed by atoms with van der Waals surface area (Å²) in [6.07, 6.45) is -1.97. The second kappa shape index (κ2) is 8.39. The van der Waals surface area contributed by atoms with Gasteiger partial charge in [-0.25, -0.2) is 0 Å². The highest BCUT2D eigenvalue weighted by atomic mass is 79.9. The molecule has 1 aromatic heterocycles. The molecule has 3 rings (SSSR count). The van der Waals surface area contributed by atoms with E-state index >= 15 is 0 Å². The summed E-state index contributed by atoms with van der Waals surface area (Å²) >= 11 is 3.25. The summed E-state index contributed by atoms with van der Waals surface area (Å²) in [5.74, 6) is -0.742. The standard InChI is InChI=1S/C21H14BrF3N2O/c22-16-9-11-17(12-10-16)26-20(21(23,24)25)18(27-13-5-2-6-14-27)19(28)15-7-3-1-4-8-15/h1-14H/p+1. The van der Waals surface area contributed by atoms with Gasteiger partial charge in [-0.05, 0) is 24.3 Å². The van der Waals surface area contributed by atoms with Crippen LogP contribution < -0.4 is 9.88 Å². The maximum absolute atomic E-state index is 14.0. The number of anilines is 1. The minimum Gasteiger partial charge on any atom is -0.346 e. The fourth-order valence-corrected chi connectivity index (χ4v) is 2.84. The zero-order valence-corrected chi connectivity index (χ0v) is 16.0. The number of hydrogen-bond acceptors (Lipinski definition) is 2. The molecule has 3 nitrogen and oxygen atoms in total. The number of allylic oxidation sites excluding steroid dienone is 2. The summed E-state index contributed by atoms with van der Waals surface area (Å²) in [5.41, 5.74) is -1.28. The largest absolute Gasteiger partial charge is 0.438 e. The number of Topliss-reactive ketones (excluding diaryl/α,β-unsaturated/α-hetero) is 1. The molecule has 28 heavy (non-hydrogen) atoms. The number of nitrogens with one attached hydrogen (secondary N) is 1. The molecule has 7 heteroatoms. The summed E-state index contributed by atoms with van der Waals surface area (Å²) in [5, 5.41) is 2.39. The predicted molar refractivity (Wildman–Crippen MR) is 104 cm³/mol. The first kappa shape index (κ1) is 19.8. The van der Waals surface area contributed by atoms with Crippen molar-refractivity contribution in [3.63, 3.8) is 0 Å². The van der Waals surface area contributed by atoms with Crippen LogP contribution >= 0.6 is 15.9 Å². The summed E-state index contributed by atoms with van der Waals surface area (Å²) < 4.78 is 43.9. The van der Waals surface area contributed by atoms with Crippen molar-refractivity contribution in [1.82, 2.24) is 0 Å². The van der Waals surface area contributed by atoms with E-state index in [-0.39, 0.29) is 11.3 Å². The van der Waals surface area contributed by atoms with E-state index in [9.17, 15) is 18.0 Å². The van der Waals surface area contributed by atoms with E-state index in [1.165, 1.54) is 41.2 Å². The quantitative estimate of drug-likeness (QED) is 0.320. The molecule has 3 aromatic rings. The second-order valence-corrected chi connectivity index (χ2v) is 6.75. The molecule has 0 unspecified atom stereocenters. The Hall–Kier alpha value is -2.93. The minimum absolute atomic E-state index is 0.160. The van der Waals surface area contributed by atoms with Gasteiger partial charge in [0.15, 0.2) is 18.1 Å². The van der Waals surface area contributed by atoms with Crippen molar-refractivity contribution in [2.24, 2.45) is 0 Å². The van der Waals surface area contributed by atoms with Gasteiger partial charge in [0, 0.05) is 27.9 Å². The van der Waals surface area contributed by atoms with Crippen LogP contribution in [-0.4, -0.2) is 12.0 Å². The average Bonchev–Trinajstić information content (AvgIpc) is 2.69. The molecule has 0 aliphatic carbocycles. The smallest absolute Gasteiger partial charge is 0.346 e. The van der Waals surface area contributed by atoms with E-state index in [2.05, 4.69) is 21.2 Å². The van der Waals surface area contributed by atoms with E-state index in [1.54, 1.807) is 48.5 Å². The number of alkyl halides is 3. The van der Waals surface area contributed by atoms with Gasteiger partial charge in [0.2, 0.25) is 0 Å². The Labute approximate surface area is 168 Å². The first-order valence-electron chi connectivity index (χ1n) is 8.27. The lowest BCUT2D eigenvalue weighted by atomic mass is 10.1. The fraction of sp³-hybridized carbons (Fsp3) is 0.0476. The van der Waals surface area contributed by atoms with E-state index in [0.717, 1.165) is 4.47 Å². The van der Waals surface area contributed by atoms with Gasteiger partial charge in [-0.2, -0.15) is 17.7 Å². The molecule has 142 valence electrons. The third kappa shape index (κ3) is 4.67. The second-order valence-electron chi connectivity index (χ2n) is 5.83. The molecule has 0 atom stereocenters. The van der Waals surface area contributed by atoms with Gasteiger partial charge in [-0.1, -0.05) is 52.3 Å². The summed E-state index contributed by atoms with van der Waals surface area (Å²) in [6.45, 7) is 0. The summed E-state index contributed by atoms with van der Waals surface area (Å²) in [6, 6.07) is 18.9. The van der Waals surface area contributed by atoms with Gasteiger partial charge in [-0.3, -0.25) is 4.79 Å². The molecular weight excluding hydrogens is 433 g/mol. The Balaban J connectivity index is 2.20. The number of aromatic nitrogens is 1. The summed E-state index contributed by atoms with van der Waals surface area (Å²) in [7, 11) is 0. The highest BCUT2D eigenvalue weighted by Crippen LogP contribution is 2.31. The Kier molecular flexibility index (Phi) is 5.94. The molecule has 0 saturated carbocycles. The third-order valence-electron chi connectivity index (χ3n) is 3.86. The Morgan fingerprint density at radius 3 is 2.00 bits per heavy atom. The van der Waals surface area contributed by atoms with Crippen LogP contribution in [0.25, 0.3) is 5.70 Å². The first-order chi connectivity index (χ1) is 13.4. The number of ketones is 1. The van der Waals surface area contributed by atoms with Crippen molar-refractivity contribution in [3.8, 4) is 0 Å². The summed E-state index contributed by atoms with van der Waals surface area (Å²) in [4.78, 5) is 13.1. The van der Waals surface area contributed by atoms with Crippen LogP contribution in [0.1, 0.15) is 10.4 Å². The minimum atomic E-state index is -4.78. The van der Waals surface area contributed by atoms with Crippen LogP contribution in [0.5, 0.6) is 0 Å². The Morgan fingerprint density at radius 1 is 0.857 bits per heavy atom. The third-order valence-corrected chi connectivity index (χ3v) is 4.39. The predicted octanol–water partition coefficient (Wildman–Crippen LogP) is 5.46. The van der Waals surface area contributed by atoms with Crippen LogP contribution in [0.2, 0.25) is 0 Å². The molecule has 1 N–H and O–H groups in total. The average molecular weight is 448 g/mol. The van der Waals surface area contributed by atoms with Gasteiger partial charge in [0.1, 0.15) is 0 Å². The van der Waals surface area contributed by atoms with Gasteiger partial charge < -0.3 is 5.32 Å². The Morgan fingerprint density at radius 2 is 1.43 bits per heavy atom. The molecule has 0 aliphatic rings. The topological polar surface area (TPSA) is 33.0 Å². The molecule has 0 saturated heterocycles. The number of pyridine rings is 1. The van der Waals surface area contributed by atoms with Crippen molar-refractivity contribution in [2.45, 2.75) is 6.18 Å². The van der Waals surface area contributed by atoms with Crippen LogP contribution in [-0.2, 0) is 0 Å². The normalized spacial score (nSPS) is 12.3. The number of rotatable bonds is 5. The molecule has 0 bridgehead atoms.